The third-order valence-electron chi connectivity index (χ3n) is 3.29. The zero-order chi connectivity index (χ0) is 15.8. The Balaban J connectivity index is 2.81. The van der Waals surface area contributed by atoms with E-state index in [-0.39, 0.29) is 18.0 Å². The first-order chi connectivity index (χ1) is 9.97. The minimum absolute atomic E-state index is 0.133. The van der Waals surface area contributed by atoms with E-state index in [2.05, 4.69) is 30.6 Å². The Labute approximate surface area is 130 Å². The second kappa shape index (κ2) is 9.15. The fraction of sp³-hybridized carbons (Fsp3) is 0.667. The highest BCUT2D eigenvalue weighted by atomic mass is 32.1. The first kappa shape index (κ1) is 18.1. The molecule has 0 fully saturated rings. The van der Waals surface area contributed by atoms with Crippen molar-refractivity contribution in [1.29, 1.82) is 0 Å². The van der Waals surface area contributed by atoms with Crippen LogP contribution in [0.15, 0.2) is 16.8 Å². The average molecular weight is 314 g/mol. The highest BCUT2D eigenvalue weighted by Crippen LogP contribution is 2.14. The number of amides is 1. The fourth-order valence-electron chi connectivity index (χ4n) is 2.32. The molecule has 21 heavy (non-hydrogen) atoms. The van der Waals surface area contributed by atoms with Gasteiger partial charge in [0.05, 0.1) is 12.1 Å². The Morgan fingerprint density at radius 2 is 2.05 bits per heavy atom. The zero-order valence-corrected chi connectivity index (χ0v) is 14.0. The molecule has 1 heterocycles. The second-order valence-electron chi connectivity index (χ2n) is 5.53. The molecule has 2 atom stereocenters. The van der Waals surface area contributed by atoms with E-state index in [9.17, 15) is 4.79 Å². The summed E-state index contributed by atoms with van der Waals surface area (Å²) in [6.07, 6.45) is 0.978. The van der Waals surface area contributed by atoms with Crippen molar-refractivity contribution in [2.75, 3.05) is 14.2 Å². The predicted octanol–water partition coefficient (Wildman–Crippen LogP) is 1.77. The molecule has 0 bridgehead atoms. The summed E-state index contributed by atoms with van der Waals surface area (Å²) in [6.45, 7) is 4.13. The average Bonchev–Trinajstić information content (AvgIpc) is 2.91. The molecule has 0 radical (unpaired) electrons. The molecule has 1 rings (SSSR count). The smallest absolute Gasteiger partial charge is 0.234 e. The number of primary amides is 1. The highest BCUT2D eigenvalue weighted by Gasteiger charge is 2.27. The van der Waals surface area contributed by atoms with Crippen LogP contribution in [0.25, 0.3) is 0 Å². The van der Waals surface area contributed by atoms with Crippen molar-refractivity contribution in [1.82, 2.24) is 5.32 Å². The maximum Gasteiger partial charge on any atom is 0.234 e. The molecule has 0 aromatic carbocycles. The molecule has 1 unspecified atom stereocenters. The SMILES string of the molecule is COC(OC)C(Cc1ccsc1)N[C@@H](CC(C)C)C(N)=O. The quantitative estimate of drug-likeness (QED) is 0.646. The van der Waals surface area contributed by atoms with E-state index in [4.69, 9.17) is 15.2 Å². The van der Waals surface area contributed by atoms with Crippen LogP contribution in [0.4, 0.5) is 0 Å². The Hall–Kier alpha value is -0.950. The maximum absolute atomic E-state index is 11.7. The van der Waals surface area contributed by atoms with Crippen LogP contribution in [0.1, 0.15) is 25.8 Å². The number of ether oxygens (including phenoxy) is 2. The number of hydrogen-bond donors (Lipinski definition) is 2. The molecule has 0 saturated heterocycles. The van der Waals surface area contributed by atoms with Crippen LogP contribution in [-0.2, 0) is 20.7 Å². The van der Waals surface area contributed by atoms with Gasteiger partial charge in [0.2, 0.25) is 5.91 Å². The zero-order valence-electron chi connectivity index (χ0n) is 13.2. The van der Waals surface area contributed by atoms with Gasteiger partial charge in [-0.3, -0.25) is 10.1 Å². The van der Waals surface area contributed by atoms with Crippen molar-refractivity contribution in [3.63, 3.8) is 0 Å². The molecule has 0 aliphatic rings. The number of nitrogens with one attached hydrogen (secondary N) is 1. The van der Waals surface area contributed by atoms with Crippen molar-refractivity contribution in [2.24, 2.45) is 11.7 Å². The monoisotopic (exact) mass is 314 g/mol. The van der Waals surface area contributed by atoms with Crippen LogP contribution < -0.4 is 11.1 Å². The summed E-state index contributed by atoms with van der Waals surface area (Å²) in [7, 11) is 3.19. The molecule has 3 N–H and O–H groups in total. The Bertz CT molecular complexity index is 405. The molecule has 0 aliphatic heterocycles. The lowest BCUT2D eigenvalue weighted by Crippen LogP contribution is -2.53. The Kier molecular flexibility index (Phi) is 7.88. The number of methoxy groups -OCH3 is 2. The molecule has 1 amide bonds. The number of carbonyl (C=O) groups excluding carboxylic acids is 1. The van der Waals surface area contributed by atoms with E-state index in [1.165, 1.54) is 5.56 Å². The van der Waals surface area contributed by atoms with Crippen LogP contribution in [0.3, 0.4) is 0 Å². The van der Waals surface area contributed by atoms with E-state index in [0.717, 1.165) is 6.42 Å². The highest BCUT2D eigenvalue weighted by molar-refractivity contribution is 7.07. The maximum atomic E-state index is 11.7. The lowest BCUT2D eigenvalue weighted by atomic mass is 10.0. The summed E-state index contributed by atoms with van der Waals surface area (Å²) in [6, 6.07) is 1.54. The summed E-state index contributed by atoms with van der Waals surface area (Å²) in [5.41, 5.74) is 6.69. The van der Waals surface area contributed by atoms with Crippen molar-refractivity contribution in [3.8, 4) is 0 Å². The van der Waals surface area contributed by atoms with Gasteiger partial charge in [-0.2, -0.15) is 11.3 Å². The van der Waals surface area contributed by atoms with Crippen molar-refractivity contribution in [2.45, 2.75) is 45.1 Å². The number of thiophene rings is 1. The van der Waals surface area contributed by atoms with Crippen LogP contribution in [0.2, 0.25) is 0 Å². The second-order valence-corrected chi connectivity index (χ2v) is 6.31. The summed E-state index contributed by atoms with van der Waals surface area (Å²) < 4.78 is 10.7. The van der Waals surface area contributed by atoms with Gasteiger partial charge in [0.15, 0.2) is 6.29 Å². The molecule has 120 valence electrons. The van der Waals surface area contributed by atoms with Crippen molar-refractivity contribution >= 4 is 17.2 Å². The number of rotatable bonds is 10. The minimum atomic E-state index is -0.432. The summed E-state index contributed by atoms with van der Waals surface area (Å²) in [5, 5.41) is 7.42. The first-order valence-corrected chi connectivity index (χ1v) is 8.04. The Morgan fingerprint density at radius 3 is 2.48 bits per heavy atom. The van der Waals surface area contributed by atoms with E-state index in [1.807, 2.05) is 5.38 Å². The van der Waals surface area contributed by atoms with Gasteiger partial charge >= 0.3 is 0 Å². The van der Waals surface area contributed by atoms with Gasteiger partial charge in [-0.25, -0.2) is 0 Å². The largest absolute Gasteiger partial charge is 0.368 e. The van der Waals surface area contributed by atoms with Crippen LogP contribution in [0.5, 0.6) is 0 Å². The summed E-state index contributed by atoms with van der Waals surface area (Å²) >= 11 is 1.64. The molecule has 1 aromatic heterocycles. The summed E-state index contributed by atoms with van der Waals surface area (Å²) in [5.74, 6) is 0.0327. The van der Waals surface area contributed by atoms with Gasteiger partial charge < -0.3 is 15.2 Å². The van der Waals surface area contributed by atoms with Crippen molar-refractivity contribution < 1.29 is 14.3 Å². The lowest BCUT2D eigenvalue weighted by molar-refractivity contribution is -0.131. The lowest BCUT2D eigenvalue weighted by Gasteiger charge is -2.29. The van der Waals surface area contributed by atoms with Crippen LogP contribution in [0, 0.1) is 5.92 Å². The molecule has 0 aliphatic carbocycles. The van der Waals surface area contributed by atoms with Gasteiger partial charge in [0.25, 0.3) is 0 Å². The van der Waals surface area contributed by atoms with E-state index in [1.54, 1.807) is 25.6 Å². The normalized spacial score (nSPS) is 14.6. The molecule has 1 aromatic rings. The predicted molar refractivity (Wildman–Crippen MR) is 85.2 cm³/mol. The van der Waals surface area contributed by atoms with Gasteiger partial charge in [-0.1, -0.05) is 13.8 Å². The topological polar surface area (TPSA) is 73.6 Å². The van der Waals surface area contributed by atoms with Crippen LogP contribution >= 0.6 is 11.3 Å². The van der Waals surface area contributed by atoms with Gasteiger partial charge in [-0.15, -0.1) is 0 Å². The standard InChI is InChI=1S/C15H26N2O3S/c1-10(2)7-12(14(16)18)17-13(15(19-3)20-4)8-11-5-6-21-9-11/h5-6,9-10,12-13,15,17H,7-8H2,1-4H3,(H2,16,18)/t12-,13?/m0/s1. The third kappa shape index (κ3) is 6.13. The van der Waals surface area contributed by atoms with Gasteiger partial charge in [0, 0.05) is 14.2 Å². The number of hydrogen-bond acceptors (Lipinski definition) is 5. The van der Waals surface area contributed by atoms with E-state index < -0.39 is 6.29 Å². The third-order valence-corrected chi connectivity index (χ3v) is 4.03. The fourth-order valence-corrected chi connectivity index (χ4v) is 3.00. The molecule has 6 heteroatoms. The number of carbonyl (C=O) groups is 1. The Morgan fingerprint density at radius 1 is 1.38 bits per heavy atom. The van der Waals surface area contributed by atoms with E-state index >= 15 is 0 Å². The molecule has 0 saturated carbocycles. The molecular formula is C15H26N2O3S. The number of nitrogens with two attached hydrogens (primary N) is 1. The summed E-state index contributed by atoms with van der Waals surface area (Å²) in [4.78, 5) is 11.7. The molecular weight excluding hydrogens is 288 g/mol. The molecule has 0 spiro atoms. The van der Waals surface area contributed by atoms with Gasteiger partial charge in [0.1, 0.15) is 0 Å². The first-order valence-electron chi connectivity index (χ1n) is 7.10. The van der Waals surface area contributed by atoms with Crippen LogP contribution in [-0.4, -0.2) is 38.5 Å². The minimum Gasteiger partial charge on any atom is -0.368 e. The van der Waals surface area contributed by atoms with E-state index in [0.29, 0.717) is 12.3 Å². The van der Waals surface area contributed by atoms with Crippen molar-refractivity contribution in [3.05, 3.63) is 22.4 Å². The molecule has 5 nitrogen and oxygen atoms in total. The van der Waals surface area contributed by atoms with Gasteiger partial charge in [-0.05, 0) is 41.1 Å².